The highest BCUT2D eigenvalue weighted by Gasteiger charge is 2.18. The van der Waals surface area contributed by atoms with Crippen LogP contribution in [0.2, 0.25) is 0 Å². The van der Waals surface area contributed by atoms with Crippen LogP contribution < -0.4 is 0 Å². The molecule has 1 nitrogen and oxygen atoms in total. The fourth-order valence-corrected chi connectivity index (χ4v) is 3.46. The molecule has 0 aliphatic heterocycles. The van der Waals surface area contributed by atoms with Crippen LogP contribution >= 0.6 is 11.3 Å². The summed E-state index contributed by atoms with van der Waals surface area (Å²) in [5.74, 6) is 0. The normalized spacial score (nSPS) is 12.6. The Morgan fingerprint density at radius 1 is 1.00 bits per heavy atom. The summed E-state index contributed by atoms with van der Waals surface area (Å²) in [6, 6.07) is 8.63. The molecule has 0 saturated heterocycles. The molecule has 19 heavy (non-hydrogen) atoms. The Balaban J connectivity index is 2.45. The van der Waals surface area contributed by atoms with Gasteiger partial charge in [-0.1, -0.05) is 39.0 Å². The molecular formula is C17H22OS. The predicted molar refractivity (Wildman–Crippen MR) is 83.0 cm³/mol. The Morgan fingerprint density at radius 2 is 1.74 bits per heavy atom. The third kappa shape index (κ3) is 2.90. The number of thiophene rings is 1. The van der Waals surface area contributed by atoms with Crippen LogP contribution in [0, 0.1) is 0 Å². The maximum Gasteiger partial charge on any atom is 0.114 e. The summed E-state index contributed by atoms with van der Waals surface area (Å²) in [6.07, 6.45) is 2.47. The summed E-state index contributed by atoms with van der Waals surface area (Å²) in [4.78, 5) is 1.10. The molecular weight excluding hydrogens is 252 g/mol. The maximum atomic E-state index is 10.7. The number of aliphatic hydroxyl groups excluding tert-OH is 1. The molecule has 0 bridgehead atoms. The first-order chi connectivity index (χ1) is 9.21. The van der Waals surface area contributed by atoms with E-state index in [4.69, 9.17) is 0 Å². The van der Waals surface area contributed by atoms with E-state index in [0.717, 1.165) is 29.7 Å². The van der Waals surface area contributed by atoms with E-state index >= 15 is 0 Å². The molecule has 102 valence electrons. The molecule has 0 aliphatic rings. The van der Waals surface area contributed by atoms with E-state index in [1.54, 1.807) is 11.3 Å². The highest BCUT2D eigenvalue weighted by molar-refractivity contribution is 7.10. The van der Waals surface area contributed by atoms with Gasteiger partial charge in [0, 0.05) is 4.88 Å². The summed E-state index contributed by atoms with van der Waals surface area (Å²) in [6.45, 7) is 6.44. The maximum absolute atomic E-state index is 10.7. The van der Waals surface area contributed by atoms with Gasteiger partial charge in [0.15, 0.2) is 0 Å². The number of benzene rings is 1. The second-order valence-electron chi connectivity index (χ2n) is 4.81. The zero-order chi connectivity index (χ0) is 13.8. The van der Waals surface area contributed by atoms with Gasteiger partial charge in [0.25, 0.3) is 0 Å². The highest BCUT2D eigenvalue weighted by Crippen LogP contribution is 2.32. The van der Waals surface area contributed by atoms with Gasteiger partial charge in [-0.15, -0.1) is 11.3 Å². The van der Waals surface area contributed by atoms with E-state index in [-0.39, 0.29) is 0 Å². The van der Waals surface area contributed by atoms with Crippen molar-refractivity contribution in [2.24, 2.45) is 0 Å². The van der Waals surface area contributed by atoms with Crippen molar-refractivity contribution in [2.45, 2.75) is 46.1 Å². The predicted octanol–water partition coefficient (Wildman–Crippen LogP) is 4.52. The quantitative estimate of drug-likeness (QED) is 0.850. The van der Waals surface area contributed by atoms with Crippen molar-refractivity contribution in [3.8, 4) is 0 Å². The van der Waals surface area contributed by atoms with E-state index in [0.29, 0.717) is 0 Å². The summed E-state index contributed by atoms with van der Waals surface area (Å²) < 4.78 is 0. The Kier molecular flexibility index (Phi) is 4.78. The number of hydrogen-bond acceptors (Lipinski definition) is 2. The van der Waals surface area contributed by atoms with Gasteiger partial charge in [-0.3, -0.25) is 0 Å². The zero-order valence-corrected chi connectivity index (χ0v) is 12.8. The fourth-order valence-electron chi connectivity index (χ4n) is 2.46. The third-order valence-corrected chi connectivity index (χ3v) is 4.72. The monoisotopic (exact) mass is 274 g/mol. The average Bonchev–Trinajstić information content (AvgIpc) is 2.94. The minimum atomic E-state index is -0.476. The summed E-state index contributed by atoms with van der Waals surface area (Å²) in [5.41, 5.74) is 4.89. The SMILES string of the molecule is CCc1ccc(CC)c(C(O)c2sccc2CC)c1. The second kappa shape index (κ2) is 6.36. The van der Waals surface area contributed by atoms with Gasteiger partial charge >= 0.3 is 0 Å². The molecule has 2 rings (SSSR count). The van der Waals surface area contributed by atoms with Crippen molar-refractivity contribution in [1.82, 2.24) is 0 Å². The first-order valence-electron chi connectivity index (χ1n) is 7.07. The summed E-state index contributed by atoms with van der Waals surface area (Å²) in [5, 5.41) is 12.8. The van der Waals surface area contributed by atoms with E-state index in [1.165, 1.54) is 16.7 Å². The van der Waals surface area contributed by atoms with Crippen LogP contribution in [-0.2, 0) is 19.3 Å². The first kappa shape index (κ1) is 14.3. The molecule has 1 atom stereocenters. The van der Waals surface area contributed by atoms with Gasteiger partial charge in [-0.25, -0.2) is 0 Å². The van der Waals surface area contributed by atoms with Crippen LogP contribution in [-0.4, -0.2) is 5.11 Å². The smallest absolute Gasteiger partial charge is 0.114 e. The molecule has 0 fully saturated rings. The van der Waals surface area contributed by atoms with Crippen LogP contribution in [0.1, 0.15) is 54.0 Å². The fraction of sp³-hybridized carbons (Fsp3) is 0.412. The van der Waals surface area contributed by atoms with E-state index in [1.807, 2.05) is 0 Å². The zero-order valence-electron chi connectivity index (χ0n) is 11.9. The topological polar surface area (TPSA) is 20.2 Å². The summed E-state index contributed by atoms with van der Waals surface area (Å²) >= 11 is 1.66. The van der Waals surface area contributed by atoms with E-state index < -0.39 is 6.10 Å². The third-order valence-electron chi connectivity index (χ3n) is 3.70. The van der Waals surface area contributed by atoms with Crippen molar-refractivity contribution in [3.63, 3.8) is 0 Å². The standard InChI is InChI=1S/C17H22OS/c1-4-12-7-8-13(5-2)15(11-12)16(18)17-14(6-3)9-10-19-17/h7-11,16,18H,4-6H2,1-3H3. The van der Waals surface area contributed by atoms with E-state index in [9.17, 15) is 5.11 Å². The average molecular weight is 274 g/mol. The molecule has 1 aromatic carbocycles. The molecule has 2 heteroatoms. The lowest BCUT2D eigenvalue weighted by Crippen LogP contribution is -2.05. The van der Waals surface area contributed by atoms with Gasteiger partial charge in [0.05, 0.1) is 0 Å². The second-order valence-corrected chi connectivity index (χ2v) is 5.75. The minimum Gasteiger partial charge on any atom is -0.383 e. The lowest BCUT2D eigenvalue weighted by Gasteiger charge is -2.16. The molecule has 0 aliphatic carbocycles. The summed E-state index contributed by atoms with van der Waals surface area (Å²) in [7, 11) is 0. The Bertz CT molecular complexity index is 542. The van der Waals surface area contributed by atoms with Gasteiger partial charge in [-0.2, -0.15) is 0 Å². The van der Waals surface area contributed by atoms with Crippen LogP contribution in [0.25, 0.3) is 0 Å². The number of aryl methyl sites for hydroxylation is 3. The van der Waals surface area contributed by atoms with Crippen molar-refractivity contribution in [3.05, 3.63) is 56.8 Å². The van der Waals surface area contributed by atoms with Crippen molar-refractivity contribution in [1.29, 1.82) is 0 Å². The Hall–Kier alpha value is -1.12. The molecule has 0 amide bonds. The van der Waals surface area contributed by atoms with Gasteiger partial charge in [0.2, 0.25) is 0 Å². The molecule has 0 radical (unpaired) electrons. The minimum absolute atomic E-state index is 0.476. The number of aliphatic hydroxyl groups is 1. The van der Waals surface area contributed by atoms with Crippen molar-refractivity contribution in [2.75, 3.05) is 0 Å². The first-order valence-corrected chi connectivity index (χ1v) is 7.95. The largest absolute Gasteiger partial charge is 0.383 e. The molecule has 1 heterocycles. The van der Waals surface area contributed by atoms with Gasteiger partial charge in [0.1, 0.15) is 6.10 Å². The Labute approximate surface area is 119 Å². The number of rotatable bonds is 5. The molecule has 0 spiro atoms. The Morgan fingerprint density at radius 3 is 2.37 bits per heavy atom. The van der Waals surface area contributed by atoms with Gasteiger partial charge in [-0.05, 0) is 53.0 Å². The van der Waals surface area contributed by atoms with Crippen LogP contribution in [0.5, 0.6) is 0 Å². The molecule has 1 aromatic heterocycles. The van der Waals surface area contributed by atoms with Crippen LogP contribution in [0.15, 0.2) is 29.6 Å². The molecule has 1 N–H and O–H groups in total. The van der Waals surface area contributed by atoms with Crippen LogP contribution in [0.4, 0.5) is 0 Å². The lowest BCUT2D eigenvalue weighted by atomic mass is 9.95. The molecule has 0 saturated carbocycles. The van der Waals surface area contributed by atoms with E-state index in [2.05, 4.69) is 50.4 Å². The highest BCUT2D eigenvalue weighted by atomic mass is 32.1. The van der Waals surface area contributed by atoms with Crippen molar-refractivity contribution >= 4 is 11.3 Å². The molecule has 1 unspecified atom stereocenters. The van der Waals surface area contributed by atoms with Crippen molar-refractivity contribution < 1.29 is 5.11 Å². The molecule has 2 aromatic rings. The lowest BCUT2D eigenvalue weighted by molar-refractivity contribution is 0.222. The van der Waals surface area contributed by atoms with Gasteiger partial charge < -0.3 is 5.11 Å². The van der Waals surface area contributed by atoms with Crippen LogP contribution in [0.3, 0.4) is 0 Å². The number of hydrogen-bond donors (Lipinski definition) is 1.